The highest BCUT2D eigenvalue weighted by Crippen LogP contribution is 1.96. The molecule has 5 heteroatoms. The molecule has 0 aliphatic heterocycles. The SMILES string of the molecule is CC(=O)c1cnc(Cl)nn1. The van der Waals surface area contributed by atoms with Crippen LogP contribution in [0.25, 0.3) is 0 Å². The van der Waals surface area contributed by atoms with Crippen molar-refractivity contribution in [2.75, 3.05) is 0 Å². The average molecular weight is 158 g/mol. The van der Waals surface area contributed by atoms with Gasteiger partial charge in [-0.15, -0.1) is 10.2 Å². The summed E-state index contributed by atoms with van der Waals surface area (Å²) in [7, 11) is 0. The Labute approximate surface area is 62.3 Å². The third-order valence-corrected chi connectivity index (χ3v) is 1.07. The standard InChI is InChI=1S/C5H4ClN3O/c1-3(10)4-2-7-5(6)9-8-4/h2H,1H3. The number of hydrogen-bond acceptors (Lipinski definition) is 4. The largest absolute Gasteiger partial charge is 0.293 e. The summed E-state index contributed by atoms with van der Waals surface area (Å²) >= 11 is 5.32. The van der Waals surface area contributed by atoms with E-state index in [1.807, 2.05) is 0 Å². The Morgan fingerprint density at radius 2 is 2.30 bits per heavy atom. The Morgan fingerprint density at radius 3 is 2.70 bits per heavy atom. The molecule has 0 saturated carbocycles. The minimum atomic E-state index is -0.170. The van der Waals surface area contributed by atoms with Crippen molar-refractivity contribution in [2.24, 2.45) is 0 Å². The van der Waals surface area contributed by atoms with Gasteiger partial charge in [-0.2, -0.15) is 0 Å². The molecule has 1 aromatic heterocycles. The molecule has 0 aliphatic carbocycles. The summed E-state index contributed by atoms with van der Waals surface area (Å²) in [6.07, 6.45) is 1.29. The predicted molar refractivity (Wildman–Crippen MR) is 34.8 cm³/mol. The number of rotatable bonds is 1. The van der Waals surface area contributed by atoms with Crippen LogP contribution in [0.5, 0.6) is 0 Å². The quantitative estimate of drug-likeness (QED) is 0.564. The van der Waals surface area contributed by atoms with Gasteiger partial charge in [-0.25, -0.2) is 4.98 Å². The third-order valence-electron chi connectivity index (χ3n) is 0.894. The van der Waals surface area contributed by atoms with Crippen molar-refractivity contribution in [3.63, 3.8) is 0 Å². The molecule has 0 radical (unpaired) electrons. The van der Waals surface area contributed by atoms with Crippen molar-refractivity contribution in [3.8, 4) is 0 Å². The van der Waals surface area contributed by atoms with Crippen LogP contribution in [0, 0.1) is 0 Å². The minimum absolute atomic E-state index is 0.0463. The molecule has 0 N–H and O–H groups in total. The average Bonchev–Trinajstić information content (AvgIpc) is 1.88. The highest BCUT2D eigenvalue weighted by atomic mass is 35.5. The van der Waals surface area contributed by atoms with Crippen LogP contribution in [0.2, 0.25) is 5.28 Å². The lowest BCUT2D eigenvalue weighted by Gasteiger charge is -1.89. The maximum Gasteiger partial charge on any atom is 0.242 e. The lowest BCUT2D eigenvalue weighted by atomic mass is 10.3. The number of carbonyl (C=O) groups excluding carboxylic acids is 1. The monoisotopic (exact) mass is 157 g/mol. The van der Waals surface area contributed by atoms with Gasteiger partial charge in [0.15, 0.2) is 5.78 Å². The molecule has 10 heavy (non-hydrogen) atoms. The summed E-state index contributed by atoms with van der Waals surface area (Å²) in [5, 5.41) is 6.91. The van der Waals surface area contributed by atoms with Crippen LogP contribution in [0.3, 0.4) is 0 Å². The maximum absolute atomic E-state index is 10.6. The molecule has 4 nitrogen and oxygen atoms in total. The first-order valence-electron chi connectivity index (χ1n) is 2.56. The highest BCUT2D eigenvalue weighted by Gasteiger charge is 2.00. The van der Waals surface area contributed by atoms with E-state index in [0.717, 1.165) is 0 Å². The zero-order valence-corrected chi connectivity index (χ0v) is 5.96. The Kier molecular flexibility index (Phi) is 1.91. The van der Waals surface area contributed by atoms with Crippen molar-refractivity contribution in [1.29, 1.82) is 0 Å². The van der Waals surface area contributed by atoms with E-state index in [1.165, 1.54) is 13.1 Å². The van der Waals surface area contributed by atoms with Crippen LogP contribution in [-0.4, -0.2) is 21.0 Å². The summed E-state index contributed by atoms with van der Waals surface area (Å²) in [5.74, 6) is -0.170. The van der Waals surface area contributed by atoms with Crippen LogP contribution in [0.1, 0.15) is 17.4 Å². The van der Waals surface area contributed by atoms with Crippen molar-refractivity contribution >= 4 is 17.4 Å². The maximum atomic E-state index is 10.6. The number of halogens is 1. The second-order valence-corrected chi connectivity index (χ2v) is 2.01. The third kappa shape index (κ3) is 1.48. The Morgan fingerprint density at radius 1 is 1.60 bits per heavy atom. The van der Waals surface area contributed by atoms with E-state index >= 15 is 0 Å². The van der Waals surface area contributed by atoms with Gasteiger partial charge in [0.25, 0.3) is 0 Å². The number of Topliss-reactive ketones (excluding diaryl/α,β-unsaturated/α-hetero) is 1. The van der Waals surface area contributed by atoms with Crippen LogP contribution in [0.15, 0.2) is 6.20 Å². The van der Waals surface area contributed by atoms with Gasteiger partial charge in [0.1, 0.15) is 5.69 Å². The number of aromatic nitrogens is 3. The van der Waals surface area contributed by atoms with Gasteiger partial charge in [0, 0.05) is 6.92 Å². The molecule has 0 spiro atoms. The Balaban J connectivity index is 3.00. The van der Waals surface area contributed by atoms with Crippen molar-refractivity contribution < 1.29 is 4.79 Å². The molecule has 0 fully saturated rings. The lowest BCUT2D eigenvalue weighted by molar-refractivity contribution is 0.101. The zero-order chi connectivity index (χ0) is 7.56. The predicted octanol–water partition coefficient (Wildman–Crippen LogP) is 0.728. The van der Waals surface area contributed by atoms with Gasteiger partial charge < -0.3 is 0 Å². The van der Waals surface area contributed by atoms with Crippen LogP contribution in [-0.2, 0) is 0 Å². The molecule has 0 atom stereocenters. The number of nitrogens with zero attached hydrogens (tertiary/aromatic N) is 3. The van der Waals surface area contributed by atoms with E-state index in [2.05, 4.69) is 15.2 Å². The smallest absolute Gasteiger partial charge is 0.242 e. The van der Waals surface area contributed by atoms with Gasteiger partial charge in [-0.1, -0.05) is 0 Å². The summed E-state index contributed by atoms with van der Waals surface area (Å²) < 4.78 is 0. The fourth-order valence-electron chi connectivity index (χ4n) is 0.422. The molecular formula is C5H4ClN3O. The summed E-state index contributed by atoms with van der Waals surface area (Å²) in [4.78, 5) is 14.1. The van der Waals surface area contributed by atoms with E-state index in [0.29, 0.717) is 0 Å². The molecule has 0 saturated heterocycles. The molecule has 1 rings (SSSR count). The van der Waals surface area contributed by atoms with E-state index in [9.17, 15) is 4.79 Å². The Hall–Kier alpha value is -1.03. The number of hydrogen-bond donors (Lipinski definition) is 0. The van der Waals surface area contributed by atoms with E-state index < -0.39 is 0 Å². The number of carbonyl (C=O) groups is 1. The molecule has 0 unspecified atom stereocenters. The van der Waals surface area contributed by atoms with Gasteiger partial charge in [-0.3, -0.25) is 4.79 Å². The van der Waals surface area contributed by atoms with E-state index in [-0.39, 0.29) is 16.8 Å². The van der Waals surface area contributed by atoms with Gasteiger partial charge in [0.05, 0.1) is 6.20 Å². The second kappa shape index (κ2) is 2.70. The fraction of sp³-hybridized carbons (Fsp3) is 0.200. The molecule has 0 aromatic carbocycles. The second-order valence-electron chi connectivity index (χ2n) is 1.67. The van der Waals surface area contributed by atoms with Crippen molar-refractivity contribution in [3.05, 3.63) is 17.2 Å². The van der Waals surface area contributed by atoms with Crippen LogP contribution in [0.4, 0.5) is 0 Å². The first-order valence-corrected chi connectivity index (χ1v) is 2.94. The van der Waals surface area contributed by atoms with Crippen LogP contribution >= 0.6 is 11.6 Å². The minimum Gasteiger partial charge on any atom is -0.293 e. The first kappa shape index (κ1) is 7.08. The summed E-state index contributed by atoms with van der Waals surface area (Å²) in [6, 6.07) is 0. The first-order chi connectivity index (χ1) is 4.70. The lowest BCUT2D eigenvalue weighted by Crippen LogP contribution is -1.99. The zero-order valence-electron chi connectivity index (χ0n) is 5.21. The molecule has 0 amide bonds. The normalized spacial score (nSPS) is 9.40. The summed E-state index contributed by atoms with van der Waals surface area (Å²) in [5.41, 5.74) is 0.226. The van der Waals surface area contributed by atoms with E-state index in [4.69, 9.17) is 11.6 Å². The van der Waals surface area contributed by atoms with E-state index in [1.54, 1.807) is 0 Å². The molecular weight excluding hydrogens is 154 g/mol. The number of ketones is 1. The van der Waals surface area contributed by atoms with Crippen molar-refractivity contribution in [1.82, 2.24) is 15.2 Å². The molecule has 52 valence electrons. The van der Waals surface area contributed by atoms with Crippen molar-refractivity contribution in [2.45, 2.75) is 6.92 Å². The highest BCUT2D eigenvalue weighted by molar-refractivity contribution is 6.28. The molecule has 1 aromatic rings. The molecule has 0 aliphatic rings. The van der Waals surface area contributed by atoms with Gasteiger partial charge >= 0.3 is 0 Å². The molecule has 0 bridgehead atoms. The Bertz CT molecular complexity index is 246. The van der Waals surface area contributed by atoms with Gasteiger partial charge in [-0.05, 0) is 11.6 Å². The van der Waals surface area contributed by atoms with Crippen LogP contribution < -0.4 is 0 Å². The fourth-order valence-corrected chi connectivity index (χ4v) is 0.509. The molecule has 1 heterocycles. The summed E-state index contributed by atoms with van der Waals surface area (Å²) in [6.45, 7) is 1.39. The topological polar surface area (TPSA) is 55.7 Å². The van der Waals surface area contributed by atoms with Gasteiger partial charge in [0.2, 0.25) is 5.28 Å².